The number of amides is 1. The maximum atomic E-state index is 12.3. The number of rotatable bonds is 3. The van der Waals surface area contributed by atoms with Crippen LogP contribution < -0.4 is 10.6 Å². The van der Waals surface area contributed by atoms with Crippen LogP contribution >= 0.6 is 11.8 Å². The highest BCUT2D eigenvalue weighted by atomic mass is 32.2. The van der Waals surface area contributed by atoms with Crippen molar-refractivity contribution in [3.63, 3.8) is 0 Å². The first-order valence-electron chi connectivity index (χ1n) is 6.75. The van der Waals surface area contributed by atoms with Crippen molar-refractivity contribution in [1.29, 1.82) is 0 Å². The molecule has 21 heavy (non-hydrogen) atoms. The molecule has 1 saturated heterocycles. The third-order valence-electron chi connectivity index (χ3n) is 3.18. The number of aryl methyl sites for hydroxylation is 1. The number of nitrogens with zero attached hydrogens (tertiary/aromatic N) is 2. The Bertz CT molecular complexity index is 637. The average Bonchev–Trinajstić information content (AvgIpc) is 2.95. The first-order valence-corrected chi connectivity index (χ1v) is 7.91. The second kappa shape index (κ2) is 6.28. The minimum atomic E-state index is -0.166. The minimum Gasteiger partial charge on any atom is -0.421 e. The van der Waals surface area contributed by atoms with Crippen molar-refractivity contribution in [3.8, 4) is 11.5 Å². The smallest absolute Gasteiger partial charge is 0.249 e. The van der Waals surface area contributed by atoms with Gasteiger partial charge in [0.25, 0.3) is 0 Å². The topological polar surface area (TPSA) is 80.0 Å². The fraction of sp³-hybridized carbons (Fsp3) is 0.357. The highest BCUT2D eigenvalue weighted by Gasteiger charge is 2.22. The number of hydrogen-bond acceptors (Lipinski definition) is 6. The number of nitrogens with one attached hydrogen (secondary N) is 2. The lowest BCUT2D eigenvalue weighted by molar-refractivity contribution is -0.117. The minimum absolute atomic E-state index is 0.0362. The van der Waals surface area contributed by atoms with E-state index in [1.807, 2.05) is 24.3 Å². The van der Waals surface area contributed by atoms with E-state index < -0.39 is 0 Å². The molecule has 0 bridgehead atoms. The number of para-hydroxylation sites is 1. The van der Waals surface area contributed by atoms with Crippen molar-refractivity contribution in [3.05, 3.63) is 30.2 Å². The zero-order chi connectivity index (χ0) is 14.7. The van der Waals surface area contributed by atoms with Crippen LogP contribution in [0.3, 0.4) is 0 Å². The van der Waals surface area contributed by atoms with Crippen molar-refractivity contribution in [1.82, 2.24) is 15.5 Å². The van der Waals surface area contributed by atoms with Gasteiger partial charge < -0.3 is 15.1 Å². The Morgan fingerprint density at radius 1 is 1.43 bits per heavy atom. The van der Waals surface area contributed by atoms with Gasteiger partial charge in [-0.1, -0.05) is 12.1 Å². The molecule has 1 fully saturated rings. The van der Waals surface area contributed by atoms with Crippen LogP contribution in [0.5, 0.6) is 0 Å². The number of aromatic nitrogens is 2. The van der Waals surface area contributed by atoms with Gasteiger partial charge in [0.2, 0.25) is 17.7 Å². The summed E-state index contributed by atoms with van der Waals surface area (Å²) < 4.78 is 5.44. The molecular weight excluding hydrogens is 288 g/mol. The lowest BCUT2D eigenvalue weighted by Crippen LogP contribution is -2.46. The largest absolute Gasteiger partial charge is 0.421 e. The Kier molecular flexibility index (Phi) is 4.21. The van der Waals surface area contributed by atoms with Gasteiger partial charge in [0.15, 0.2) is 0 Å². The zero-order valence-electron chi connectivity index (χ0n) is 11.6. The molecule has 0 radical (unpaired) electrons. The van der Waals surface area contributed by atoms with Crippen molar-refractivity contribution in [2.45, 2.75) is 13.0 Å². The van der Waals surface area contributed by atoms with Crippen molar-refractivity contribution < 1.29 is 9.21 Å². The van der Waals surface area contributed by atoms with E-state index in [9.17, 15) is 4.79 Å². The van der Waals surface area contributed by atoms with Crippen LogP contribution in [0, 0.1) is 6.92 Å². The maximum Gasteiger partial charge on any atom is 0.249 e. The summed E-state index contributed by atoms with van der Waals surface area (Å²) in [5.74, 6) is 2.70. The molecule has 1 aromatic heterocycles. The van der Waals surface area contributed by atoms with Crippen molar-refractivity contribution in [2.24, 2.45) is 0 Å². The van der Waals surface area contributed by atoms with Gasteiger partial charge in [0.05, 0.1) is 17.3 Å². The average molecular weight is 304 g/mol. The molecule has 3 rings (SSSR count). The fourth-order valence-corrected chi connectivity index (χ4v) is 3.07. The van der Waals surface area contributed by atoms with Gasteiger partial charge in [-0.2, -0.15) is 11.8 Å². The lowest BCUT2D eigenvalue weighted by atomic mass is 10.1. The van der Waals surface area contributed by atoms with Crippen LogP contribution in [-0.4, -0.2) is 40.2 Å². The Balaban J connectivity index is 1.80. The molecule has 2 heterocycles. The van der Waals surface area contributed by atoms with Crippen LogP contribution in [0.1, 0.15) is 5.89 Å². The summed E-state index contributed by atoms with van der Waals surface area (Å²) in [5, 5.41) is 14.0. The van der Waals surface area contributed by atoms with Crippen LogP contribution in [0.15, 0.2) is 28.7 Å². The van der Waals surface area contributed by atoms with E-state index in [0.717, 1.165) is 23.6 Å². The van der Waals surface area contributed by atoms with Gasteiger partial charge in [-0.15, -0.1) is 10.2 Å². The summed E-state index contributed by atoms with van der Waals surface area (Å²) in [6, 6.07) is 7.26. The molecule has 1 aliphatic heterocycles. The molecule has 2 N–H and O–H groups in total. The van der Waals surface area contributed by atoms with Gasteiger partial charge in [-0.25, -0.2) is 0 Å². The molecule has 1 unspecified atom stereocenters. The summed E-state index contributed by atoms with van der Waals surface area (Å²) in [6.07, 6.45) is 0. The van der Waals surface area contributed by atoms with Gasteiger partial charge in [-0.05, 0) is 12.1 Å². The van der Waals surface area contributed by atoms with Crippen molar-refractivity contribution >= 4 is 23.4 Å². The molecule has 7 heteroatoms. The standard InChI is InChI=1S/C14H16N4O2S/c1-9-17-18-14(20-9)10-4-2-3-5-11(10)16-13(19)12-8-21-7-6-15-12/h2-5,12,15H,6-8H2,1H3,(H,16,19). The summed E-state index contributed by atoms with van der Waals surface area (Å²) in [7, 11) is 0. The summed E-state index contributed by atoms with van der Waals surface area (Å²) >= 11 is 1.78. The van der Waals surface area contributed by atoms with Crippen molar-refractivity contribution in [2.75, 3.05) is 23.4 Å². The Labute approximate surface area is 126 Å². The maximum absolute atomic E-state index is 12.3. The van der Waals surface area contributed by atoms with E-state index in [1.165, 1.54) is 0 Å². The van der Waals surface area contributed by atoms with Crippen LogP contribution in [0.25, 0.3) is 11.5 Å². The van der Waals surface area contributed by atoms with Gasteiger partial charge >= 0.3 is 0 Å². The number of carbonyl (C=O) groups excluding carboxylic acids is 1. The third kappa shape index (κ3) is 3.25. The highest BCUT2D eigenvalue weighted by molar-refractivity contribution is 7.99. The molecule has 1 atom stereocenters. The van der Waals surface area contributed by atoms with Gasteiger partial charge in [0, 0.05) is 25.0 Å². The molecule has 6 nitrogen and oxygen atoms in total. The summed E-state index contributed by atoms with van der Waals surface area (Å²) in [4.78, 5) is 12.3. The zero-order valence-corrected chi connectivity index (χ0v) is 12.4. The molecule has 1 amide bonds. The Morgan fingerprint density at radius 3 is 3.00 bits per heavy atom. The SMILES string of the molecule is Cc1nnc(-c2ccccc2NC(=O)C2CSCCN2)o1. The van der Waals surface area contributed by atoms with E-state index >= 15 is 0 Å². The number of thioether (sulfide) groups is 1. The molecule has 1 aromatic carbocycles. The van der Waals surface area contributed by atoms with E-state index in [4.69, 9.17) is 4.42 Å². The van der Waals surface area contributed by atoms with E-state index in [1.54, 1.807) is 18.7 Å². The monoisotopic (exact) mass is 304 g/mol. The number of anilines is 1. The molecule has 0 aliphatic carbocycles. The molecule has 2 aromatic rings. The molecule has 1 aliphatic rings. The van der Waals surface area contributed by atoms with Crippen LogP contribution in [0.2, 0.25) is 0 Å². The molecule has 0 spiro atoms. The number of hydrogen-bond donors (Lipinski definition) is 2. The van der Waals surface area contributed by atoms with Gasteiger partial charge in [-0.3, -0.25) is 4.79 Å². The first-order chi connectivity index (χ1) is 10.2. The predicted octanol–water partition coefficient (Wildman–Crippen LogP) is 1.69. The molecular formula is C14H16N4O2S. The molecule has 0 saturated carbocycles. The second-order valence-electron chi connectivity index (χ2n) is 4.74. The van der Waals surface area contributed by atoms with Gasteiger partial charge in [0.1, 0.15) is 0 Å². The van der Waals surface area contributed by atoms with Crippen LogP contribution in [0.4, 0.5) is 5.69 Å². The lowest BCUT2D eigenvalue weighted by Gasteiger charge is -2.22. The van der Waals surface area contributed by atoms with E-state index in [0.29, 0.717) is 17.5 Å². The van der Waals surface area contributed by atoms with Crippen LogP contribution in [-0.2, 0) is 4.79 Å². The second-order valence-corrected chi connectivity index (χ2v) is 5.89. The Hall–Kier alpha value is -1.86. The third-order valence-corrected chi connectivity index (χ3v) is 4.24. The molecule has 110 valence electrons. The number of benzene rings is 1. The fourth-order valence-electron chi connectivity index (χ4n) is 2.14. The Morgan fingerprint density at radius 2 is 2.29 bits per heavy atom. The summed E-state index contributed by atoms with van der Waals surface area (Å²) in [6.45, 7) is 2.59. The number of carbonyl (C=O) groups is 1. The highest BCUT2D eigenvalue weighted by Crippen LogP contribution is 2.26. The van der Waals surface area contributed by atoms with E-state index in [-0.39, 0.29) is 11.9 Å². The predicted molar refractivity (Wildman–Crippen MR) is 82.2 cm³/mol. The van der Waals surface area contributed by atoms with E-state index in [2.05, 4.69) is 20.8 Å². The first kappa shape index (κ1) is 14.1. The quantitative estimate of drug-likeness (QED) is 0.898. The normalized spacial score (nSPS) is 18.4. The summed E-state index contributed by atoms with van der Waals surface area (Å²) in [5.41, 5.74) is 1.42.